The Hall–Kier alpha value is -3.69. The minimum absolute atomic E-state index is 0.0585. The lowest BCUT2D eigenvalue weighted by atomic mass is 10.0. The predicted octanol–water partition coefficient (Wildman–Crippen LogP) is 3.76. The molecule has 2 aromatic heterocycles. The summed E-state index contributed by atoms with van der Waals surface area (Å²) in [5.74, 6) is -0.749. The average Bonchev–Trinajstić information content (AvgIpc) is 2.74. The number of carboxylic acids is 1. The summed E-state index contributed by atoms with van der Waals surface area (Å²) in [7, 11) is 1.56. The van der Waals surface area contributed by atoms with E-state index in [1.807, 2.05) is 24.3 Å². The second-order valence-electron chi connectivity index (χ2n) is 6.67. The summed E-state index contributed by atoms with van der Waals surface area (Å²) in [6.07, 6.45) is -2.14. The molecule has 162 valence electrons. The van der Waals surface area contributed by atoms with Crippen molar-refractivity contribution in [3.63, 3.8) is 0 Å². The van der Waals surface area contributed by atoms with E-state index in [-0.39, 0.29) is 17.8 Å². The van der Waals surface area contributed by atoms with E-state index >= 15 is 0 Å². The lowest BCUT2D eigenvalue weighted by molar-refractivity contribution is -0.137. The van der Waals surface area contributed by atoms with Crippen LogP contribution in [0.5, 0.6) is 5.75 Å². The van der Waals surface area contributed by atoms with E-state index in [1.54, 1.807) is 25.4 Å². The normalized spacial score (nSPS) is 12.3. The van der Waals surface area contributed by atoms with Crippen molar-refractivity contribution in [1.82, 2.24) is 15.0 Å². The van der Waals surface area contributed by atoms with E-state index in [2.05, 4.69) is 20.3 Å². The minimum atomic E-state index is -4.48. The molecule has 3 rings (SSSR count). The molecule has 2 heterocycles. The van der Waals surface area contributed by atoms with Gasteiger partial charge < -0.3 is 15.2 Å². The van der Waals surface area contributed by atoms with E-state index in [1.165, 1.54) is 0 Å². The smallest absolute Gasteiger partial charge is 0.393 e. The third kappa shape index (κ3) is 5.91. The summed E-state index contributed by atoms with van der Waals surface area (Å²) in [6.45, 7) is 0. The predicted molar refractivity (Wildman–Crippen MR) is 107 cm³/mol. The molecule has 0 saturated heterocycles. The maximum Gasteiger partial charge on any atom is 0.393 e. The van der Waals surface area contributed by atoms with Crippen LogP contribution in [-0.4, -0.2) is 45.4 Å². The van der Waals surface area contributed by atoms with Gasteiger partial charge in [0.05, 0.1) is 13.5 Å². The van der Waals surface area contributed by atoms with Gasteiger partial charge in [-0.25, -0.2) is 14.8 Å². The van der Waals surface area contributed by atoms with Crippen LogP contribution in [0.15, 0.2) is 55.1 Å². The molecule has 0 aliphatic carbocycles. The van der Waals surface area contributed by atoms with Gasteiger partial charge in [-0.2, -0.15) is 13.2 Å². The first-order chi connectivity index (χ1) is 14.8. The fourth-order valence-corrected chi connectivity index (χ4v) is 3.00. The highest BCUT2D eigenvalue weighted by Crippen LogP contribution is 2.29. The first-order valence-electron chi connectivity index (χ1n) is 9.20. The number of ether oxygens (including phenoxy) is 1. The summed E-state index contributed by atoms with van der Waals surface area (Å²) < 4.78 is 43.7. The van der Waals surface area contributed by atoms with Gasteiger partial charge in [0, 0.05) is 41.2 Å². The van der Waals surface area contributed by atoms with Gasteiger partial charge in [-0.15, -0.1) is 0 Å². The molecular weight excluding hydrogens is 413 g/mol. The molecule has 0 aliphatic rings. The van der Waals surface area contributed by atoms with Gasteiger partial charge in [0.25, 0.3) is 0 Å². The zero-order chi connectivity index (χ0) is 22.4. The molecule has 7 nitrogen and oxygen atoms in total. The standard InChI is InChI=1S/C21H19F3N4O3/c1-31-18-5-3-2-4-16(18)13-6-7-15(26-11-13)8-17(20(29)30)28-19-14(9-21(22,23)24)10-25-12-27-19/h2-7,10-12,17H,8-9H2,1H3,(H,29,30)(H,25,27,28)/t17-/m0/s1. The second-order valence-corrected chi connectivity index (χ2v) is 6.67. The summed E-state index contributed by atoms with van der Waals surface area (Å²) in [6, 6.07) is 9.59. The maximum atomic E-state index is 12.8. The van der Waals surface area contributed by atoms with Crippen molar-refractivity contribution in [3.8, 4) is 16.9 Å². The van der Waals surface area contributed by atoms with Crippen LogP contribution < -0.4 is 10.1 Å². The number of aliphatic carboxylic acids is 1. The van der Waals surface area contributed by atoms with Crippen molar-refractivity contribution in [3.05, 3.63) is 66.4 Å². The number of rotatable bonds is 8. The number of carboxylic acid groups (broad SMARTS) is 1. The van der Waals surface area contributed by atoms with Gasteiger partial charge in [-0.05, 0) is 12.1 Å². The number of pyridine rings is 1. The largest absolute Gasteiger partial charge is 0.496 e. The van der Waals surface area contributed by atoms with Crippen LogP contribution >= 0.6 is 0 Å². The molecule has 3 aromatic rings. The van der Waals surface area contributed by atoms with Gasteiger partial charge in [0.2, 0.25) is 0 Å². The topological polar surface area (TPSA) is 97.2 Å². The molecule has 31 heavy (non-hydrogen) atoms. The van der Waals surface area contributed by atoms with Crippen LogP contribution in [0.4, 0.5) is 19.0 Å². The van der Waals surface area contributed by atoms with Gasteiger partial charge in [-0.3, -0.25) is 4.98 Å². The monoisotopic (exact) mass is 432 g/mol. The van der Waals surface area contributed by atoms with E-state index in [4.69, 9.17) is 4.74 Å². The molecule has 0 saturated carbocycles. The van der Waals surface area contributed by atoms with Gasteiger partial charge in [-0.1, -0.05) is 24.3 Å². The van der Waals surface area contributed by atoms with Crippen LogP contribution in [0, 0.1) is 0 Å². The zero-order valence-corrected chi connectivity index (χ0v) is 16.4. The van der Waals surface area contributed by atoms with Crippen molar-refractivity contribution in [1.29, 1.82) is 0 Å². The number of nitrogens with one attached hydrogen (secondary N) is 1. The van der Waals surface area contributed by atoms with Crippen molar-refractivity contribution in [2.75, 3.05) is 12.4 Å². The molecule has 0 fully saturated rings. The van der Waals surface area contributed by atoms with E-state index in [9.17, 15) is 23.1 Å². The molecule has 1 aromatic carbocycles. The molecule has 1 atom stereocenters. The van der Waals surface area contributed by atoms with E-state index in [0.717, 1.165) is 23.7 Å². The first-order valence-corrected chi connectivity index (χ1v) is 9.20. The number of benzene rings is 1. The lowest BCUT2D eigenvalue weighted by Gasteiger charge is -2.17. The van der Waals surface area contributed by atoms with Crippen molar-refractivity contribution >= 4 is 11.8 Å². The SMILES string of the molecule is COc1ccccc1-c1ccc(C[C@H](Nc2ncncc2CC(F)(F)F)C(=O)O)nc1. The number of halogens is 3. The third-order valence-electron chi connectivity index (χ3n) is 4.44. The average molecular weight is 432 g/mol. The molecule has 0 bridgehead atoms. The summed E-state index contributed by atoms with van der Waals surface area (Å²) >= 11 is 0. The Morgan fingerprint density at radius 3 is 2.58 bits per heavy atom. The quantitative estimate of drug-likeness (QED) is 0.559. The Morgan fingerprint density at radius 1 is 1.16 bits per heavy atom. The third-order valence-corrected chi connectivity index (χ3v) is 4.44. The van der Waals surface area contributed by atoms with E-state index in [0.29, 0.717) is 11.4 Å². The minimum Gasteiger partial charge on any atom is -0.496 e. The molecule has 0 amide bonds. The number of alkyl halides is 3. The van der Waals surface area contributed by atoms with Crippen LogP contribution in [0.25, 0.3) is 11.1 Å². The highest BCUT2D eigenvalue weighted by molar-refractivity contribution is 5.77. The molecule has 0 radical (unpaired) electrons. The van der Waals surface area contributed by atoms with Crippen molar-refractivity contribution < 1.29 is 27.8 Å². The highest BCUT2D eigenvalue weighted by atomic mass is 19.4. The molecule has 2 N–H and O–H groups in total. The Balaban J connectivity index is 1.78. The number of methoxy groups -OCH3 is 1. The van der Waals surface area contributed by atoms with Gasteiger partial charge in [0.15, 0.2) is 0 Å². The van der Waals surface area contributed by atoms with Crippen LogP contribution in [0.3, 0.4) is 0 Å². The Bertz CT molecular complexity index is 1040. The first kappa shape index (κ1) is 22.0. The highest BCUT2D eigenvalue weighted by Gasteiger charge is 2.30. The summed E-state index contributed by atoms with van der Waals surface area (Å²) in [5.41, 5.74) is 1.82. The van der Waals surface area contributed by atoms with Crippen molar-refractivity contribution in [2.24, 2.45) is 0 Å². The lowest BCUT2D eigenvalue weighted by Crippen LogP contribution is -2.33. The number of para-hydroxylation sites is 1. The second kappa shape index (κ2) is 9.41. The number of carbonyl (C=O) groups is 1. The van der Waals surface area contributed by atoms with Gasteiger partial charge in [0.1, 0.15) is 23.9 Å². The summed E-state index contributed by atoms with van der Waals surface area (Å²) in [4.78, 5) is 23.4. The number of anilines is 1. The maximum absolute atomic E-state index is 12.8. The van der Waals surface area contributed by atoms with Crippen LogP contribution in [-0.2, 0) is 17.6 Å². The number of aromatic nitrogens is 3. The molecule has 10 heteroatoms. The fraction of sp³-hybridized carbons (Fsp3) is 0.238. The summed E-state index contributed by atoms with van der Waals surface area (Å²) in [5, 5.41) is 12.1. The fourth-order valence-electron chi connectivity index (χ4n) is 3.00. The molecular formula is C21H19F3N4O3. The number of nitrogens with zero attached hydrogens (tertiary/aromatic N) is 3. The molecule has 0 spiro atoms. The van der Waals surface area contributed by atoms with Crippen LogP contribution in [0.1, 0.15) is 11.3 Å². The Kier molecular flexibility index (Phi) is 6.68. The molecule has 0 unspecified atom stereocenters. The number of hydrogen-bond acceptors (Lipinski definition) is 6. The van der Waals surface area contributed by atoms with E-state index < -0.39 is 24.6 Å². The van der Waals surface area contributed by atoms with Crippen LogP contribution in [0.2, 0.25) is 0 Å². The molecule has 0 aliphatic heterocycles. The Morgan fingerprint density at radius 2 is 1.94 bits per heavy atom. The number of hydrogen-bond donors (Lipinski definition) is 2. The van der Waals surface area contributed by atoms with Crippen molar-refractivity contribution in [2.45, 2.75) is 25.1 Å². The zero-order valence-electron chi connectivity index (χ0n) is 16.4. The Labute approximate surface area is 176 Å². The van der Waals surface area contributed by atoms with Gasteiger partial charge >= 0.3 is 12.1 Å².